The highest BCUT2D eigenvalue weighted by molar-refractivity contribution is 5.81. The number of rotatable bonds is 2. The Morgan fingerprint density at radius 3 is 2.60 bits per heavy atom. The zero-order valence-corrected chi connectivity index (χ0v) is 8.54. The number of hydrogen-bond donors (Lipinski definition) is 1. The minimum atomic E-state index is -0.477. The number of nitrogens with zero attached hydrogens (tertiary/aromatic N) is 4. The number of hydrazine groups is 1. The van der Waals surface area contributed by atoms with Crippen LogP contribution < -0.4 is 10.9 Å². The second kappa shape index (κ2) is 4.31. The highest BCUT2D eigenvalue weighted by atomic mass is 16.2. The Kier molecular flexibility index (Phi) is 2.86. The summed E-state index contributed by atoms with van der Waals surface area (Å²) in [7, 11) is 0. The standard InChI is InChI=1S/C9H15N5O/c10-9(15)14(13-7-4-11-8-13)12-5-2-1-3-6-12/h4,7-8H,1-3,5-6H2,(H2,10,15). The van der Waals surface area contributed by atoms with Gasteiger partial charge >= 0.3 is 6.03 Å². The molecule has 1 fully saturated rings. The molecule has 0 bridgehead atoms. The van der Waals surface area contributed by atoms with Crippen LogP contribution in [0.5, 0.6) is 0 Å². The molecule has 1 aliphatic rings. The van der Waals surface area contributed by atoms with Crippen LogP contribution in [0.3, 0.4) is 0 Å². The first kappa shape index (κ1) is 9.97. The average Bonchev–Trinajstić information content (AvgIpc) is 2.72. The SMILES string of the molecule is NC(=O)N(N1CCCCC1)n1ccnc1. The zero-order chi connectivity index (χ0) is 10.7. The fraction of sp³-hybridized carbons (Fsp3) is 0.556. The maximum absolute atomic E-state index is 11.4. The van der Waals surface area contributed by atoms with Gasteiger partial charge < -0.3 is 5.73 Å². The minimum absolute atomic E-state index is 0.477. The van der Waals surface area contributed by atoms with Gasteiger partial charge in [0, 0.05) is 25.5 Å². The van der Waals surface area contributed by atoms with Crippen LogP contribution in [0.4, 0.5) is 4.79 Å². The van der Waals surface area contributed by atoms with Crippen LogP contribution in [0.15, 0.2) is 18.7 Å². The molecule has 6 nitrogen and oxygen atoms in total. The van der Waals surface area contributed by atoms with Gasteiger partial charge in [-0.15, -0.1) is 0 Å². The quantitative estimate of drug-likeness (QED) is 0.761. The van der Waals surface area contributed by atoms with E-state index in [0.717, 1.165) is 25.9 Å². The van der Waals surface area contributed by atoms with Crippen molar-refractivity contribution in [3.05, 3.63) is 18.7 Å². The van der Waals surface area contributed by atoms with Crippen molar-refractivity contribution in [1.29, 1.82) is 0 Å². The number of amides is 2. The monoisotopic (exact) mass is 209 g/mol. The summed E-state index contributed by atoms with van der Waals surface area (Å²) in [6.07, 6.45) is 8.31. The van der Waals surface area contributed by atoms with Crippen molar-refractivity contribution in [2.24, 2.45) is 5.73 Å². The van der Waals surface area contributed by atoms with Gasteiger partial charge in [-0.25, -0.2) is 14.5 Å². The molecule has 2 amide bonds. The molecule has 0 aliphatic carbocycles. The van der Waals surface area contributed by atoms with Crippen molar-refractivity contribution in [3.63, 3.8) is 0 Å². The van der Waals surface area contributed by atoms with E-state index < -0.39 is 6.03 Å². The van der Waals surface area contributed by atoms with E-state index in [4.69, 9.17) is 5.73 Å². The molecule has 15 heavy (non-hydrogen) atoms. The first-order valence-corrected chi connectivity index (χ1v) is 5.11. The van der Waals surface area contributed by atoms with E-state index in [-0.39, 0.29) is 0 Å². The Morgan fingerprint density at radius 1 is 1.33 bits per heavy atom. The van der Waals surface area contributed by atoms with Crippen LogP contribution in [0.25, 0.3) is 0 Å². The van der Waals surface area contributed by atoms with Crippen molar-refractivity contribution in [1.82, 2.24) is 14.7 Å². The number of imidazole rings is 1. The van der Waals surface area contributed by atoms with Gasteiger partial charge in [0.1, 0.15) is 6.33 Å². The Hall–Kier alpha value is -1.56. The van der Waals surface area contributed by atoms with E-state index >= 15 is 0 Å². The first-order chi connectivity index (χ1) is 7.29. The third-order valence-electron chi connectivity index (χ3n) is 2.51. The molecule has 0 unspecified atom stereocenters. The van der Waals surface area contributed by atoms with Crippen LogP contribution in [-0.2, 0) is 0 Å². The molecule has 0 radical (unpaired) electrons. The second-order valence-corrected chi connectivity index (χ2v) is 3.58. The number of carbonyl (C=O) groups is 1. The third-order valence-corrected chi connectivity index (χ3v) is 2.51. The molecule has 0 spiro atoms. The van der Waals surface area contributed by atoms with Crippen molar-refractivity contribution in [2.45, 2.75) is 19.3 Å². The van der Waals surface area contributed by atoms with Crippen LogP contribution in [0, 0.1) is 0 Å². The molecule has 2 N–H and O–H groups in total. The van der Waals surface area contributed by atoms with Crippen molar-refractivity contribution in [3.8, 4) is 0 Å². The lowest BCUT2D eigenvalue weighted by atomic mass is 10.2. The highest BCUT2D eigenvalue weighted by Gasteiger charge is 2.22. The average molecular weight is 209 g/mol. The summed E-state index contributed by atoms with van der Waals surface area (Å²) in [5, 5.41) is 3.39. The van der Waals surface area contributed by atoms with E-state index in [1.807, 2.05) is 5.01 Å². The van der Waals surface area contributed by atoms with Gasteiger partial charge in [0.05, 0.1) is 0 Å². The molecule has 0 atom stereocenters. The summed E-state index contributed by atoms with van der Waals surface area (Å²) in [5.41, 5.74) is 5.36. The molecule has 1 aromatic rings. The maximum atomic E-state index is 11.4. The van der Waals surface area contributed by atoms with Crippen LogP contribution >= 0.6 is 0 Å². The molecule has 0 saturated carbocycles. The number of carbonyl (C=O) groups excluding carboxylic acids is 1. The fourth-order valence-corrected chi connectivity index (χ4v) is 1.83. The Balaban J connectivity index is 2.15. The van der Waals surface area contributed by atoms with Gasteiger partial charge in [0.2, 0.25) is 0 Å². The molecular formula is C9H15N5O. The molecule has 1 aromatic heterocycles. The predicted octanol–water partition coefficient (Wildman–Crippen LogP) is 0.301. The third kappa shape index (κ3) is 2.10. The van der Waals surface area contributed by atoms with Crippen LogP contribution in [-0.4, -0.2) is 33.8 Å². The number of urea groups is 1. The second-order valence-electron chi connectivity index (χ2n) is 3.58. The molecule has 2 rings (SSSR count). The Labute approximate surface area is 88.2 Å². The van der Waals surface area contributed by atoms with Crippen molar-refractivity contribution >= 4 is 6.03 Å². The van der Waals surface area contributed by atoms with Gasteiger partial charge in [0.25, 0.3) is 0 Å². The molecule has 82 valence electrons. The largest absolute Gasteiger partial charge is 0.349 e. The smallest absolute Gasteiger partial charge is 0.349 e. The Bertz CT molecular complexity index is 317. The maximum Gasteiger partial charge on any atom is 0.349 e. The van der Waals surface area contributed by atoms with E-state index in [1.165, 1.54) is 11.5 Å². The summed E-state index contributed by atoms with van der Waals surface area (Å²) >= 11 is 0. The lowest BCUT2D eigenvalue weighted by molar-refractivity contribution is 0.162. The minimum Gasteiger partial charge on any atom is -0.349 e. The number of piperidine rings is 1. The summed E-state index contributed by atoms with van der Waals surface area (Å²) in [5.74, 6) is 0. The van der Waals surface area contributed by atoms with Gasteiger partial charge in [0.15, 0.2) is 0 Å². The molecule has 1 aliphatic heterocycles. The summed E-state index contributed by atoms with van der Waals surface area (Å²) in [6, 6.07) is -0.477. The molecule has 2 heterocycles. The lowest BCUT2D eigenvalue weighted by Crippen LogP contribution is -2.56. The molecule has 6 heteroatoms. The van der Waals surface area contributed by atoms with E-state index in [9.17, 15) is 4.79 Å². The molecule has 0 aromatic carbocycles. The van der Waals surface area contributed by atoms with E-state index in [2.05, 4.69) is 4.98 Å². The van der Waals surface area contributed by atoms with Gasteiger partial charge in [-0.05, 0) is 12.8 Å². The van der Waals surface area contributed by atoms with Gasteiger partial charge in [-0.2, -0.15) is 10.1 Å². The van der Waals surface area contributed by atoms with Gasteiger partial charge in [-0.1, -0.05) is 6.42 Å². The number of primary amides is 1. The molecular weight excluding hydrogens is 194 g/mol. The summed E-state index contributed by atoms with van der Waals surface area (Å²) < 4.78 is 1.60. The first-order valence-electron chi connectivity index (χ1n) is 5.11. The molecule has 1 saturated heterocycles. The Morgan fingerprint density at radius 2 is 2.07 bits per heavy atom. The number of aromatic nitrogens is 2. The van der Waals surface area contributed by atoms with Crippen molar-refractivity contribution < 1.29 is 4.79 Å². The summed E-state index contributed by atoms with van der Waals surface area (Å²) in [6.45, 7) is 1.72. The zero-order valence-electron chi connectivity index (χ0n) is 8.54. The number of hydrogen-bond acceptors (Lipinski definition) is 3. The van der Waals surface area contributed by atoms with Gasteiger partial charge in [-0.3, -0.25) is 0 Å². The predicted molar refractivity (Wildman–Crippen MR) is 55.5 cm³/mol. The topological polar surface area (TPSA) is 67.4 Å². The van der Waals surface area contributed by atoms with Crippen LogP contribution in [0.2, 0.25) is 0 Å². The summed E-state index contributed by atoms with van der Waals surface area (Å²) in [4.78, 5) is 15.3. The van der Waals surface area contributed by atoms with E-state index in [0.29, 0.717) is 0 Å². The van der Waals surface area contributed by atoms with Crippen molar-refractivity contribution in [2.75, 3.05) is 18.2 Å². The van der Waals surface area contributed by atoms with Crippen LogP contribution in [0.1, 0.15) is 19.3 Å². The number of nitrogens with two attached hydrogens (primary N) is 1. The highest BCUT2D eigenvalue weighted by Crippen LogP contribution is 2.10. The normalized spacial score (nSPS) is 17.6. The fourth-order valence-electron chi connectivity index (χ4n) is 1.83. The van der Waals surface area contributed by atoms with E-state index in [1.54, 1.807) is 23.4 Å². The lowest BCUT2D eigenvalue weighted by Gasteiger charge is -2.35.